The second-order valence-corrected chi connectivity index (χ2v) is 9.19. The standard InChI is InChI=1S/C22H21F3N6O2S.C2H6/c1-14-4-5-19(31(14)34(33)17-3-2-7-26-13-17)20(32)28-10-15-6-8-27-18(9-15)16-11-29-21(30-12-16)22(23,24)25;1-2/h2-3,6-9,11-14,19H,4-5,10H2,1H3,(H,28,32);1-2H3/t14-,19-,34?;/m0./s1. The van der Waals surface area contributed by atoms with Crippen LogP contribution in [0.15, 0.2) is 60.1 Å². The molecule has 1 amide bonds. The second-order valence-electron chi connectivity index (χ2n) is 7.80. The Bertz CT molecular complexity index is 1180. The maximum Gasteiger partial charge on any atom is 0.451 e. The highest BCUT2D eigenvalue weighted by Crippen LogP contribution is 2.29. The smallest absolute Gasteiger partial charge is 0.351 e. The summed E-state index contributed by atoms with van der Waals surface area (Å²) >= 11 is 0. The minimum absolute atomic E-state index is 0.0380. The fourth-order valence-corrected chi connectivity index (χ4v) is 5.17. The van der Waals surface area contributed by atoms with Gasteiger partial charge in [0.05, 0.1) is 10.6 Å². The second kappa shape index (κ2) is 12.1. The number of hydrogen-bond donors (Lipinski definition) is 1. The minimum Gasteiger partial charge on any atom is -0.351 e. The molecule has 12 heteroatoms. The van der Waals surface area contributed by atoms with E-state index in [-0.39, 0.29) is 18.5 Å². The van der Waals surface area contributed by atoms with E-state index < -0.39 is 29.0 Å². The Labute approximate surface area is 210 Å². The van der Waals surface area contributed by atoms with Gasteiger partial charge in [-0.2, -0.15) is 13.2 Å². The van der Waals surface area contributed by atoms with E-state index in [2.05, 4.69) is 25.3 Å². The molecule has 4 heterocycles. The Kier molecular flexibility index (Phi) is 9.21. The van der Waals surface area contributed by atoms with Gasteiger partial charge in [-0.05, 0) is 49.6 Å². The van der Waals surface area contributed by atoms with E-state index in [0.717, 1.165) is 18.8 Å². The van der Waals surface area contributed by atoms with Gasteiger partial charge in [0.25, 0.3) is 0 Å². The first-order chi connectivity index (χ1) is 17.2. The lowest BCUT2D eigenvalue weighted by Gasteiger charge is -2.26. The van der Waals surface area contributed by atoms with Gasteiger partial charge in [0.2, 0.25) is 11.7 Å². The van der Waals surface area contributed by atoms with Crippen LogP contribution in [0.4, 0.5) is 13.2 Å². The van der Waals surface area contributed by atoms with Gasteiger partial charge >= 0.3 is 6.18 Å². The van der Waals surface area contributed by atoms with Gasteiger partial charge in [-0.3, -0.25) is 14.8 Å². The zero-order valence-corrected chi connectivity index (χ0v) is 20.9. The summed E-state index contributed by atoms with van der Waals surface area (Å²) in [5, 5.41) is 2.87. The molecule has 1 aliphatic heterocycles. The highest BCUT2D eigenvalue weighted by atomic mass is 32.2. The van der Waals surface area contributed by atoms with Crippen molar-refractivity contribution in [3.05, 3.63) is 66.6 Å². The lowest BCUT2D eigenvalue weighted by atomic mass is 10.1. The van der Waals surface area contributed by atoms with Crippen molar-refractivity contribution >= 4 is 16.9 Å². The number of nitrogens with one attached hydrogen (secondary N) is 1. The molecule has 0 aliphatic carbocycles. The normalized spacial score (nSPS) is 18.7. The largest absolute Gasteiger partial charge is 0.451 e. The molecule has 1 N–H and O–H groups in total. The van der Waals surface area contributed by atoms with E-state index >= 15 is 0 Å². The molecule has 1 aliphatic rings. The van der Waals surface area contributed by atoms with Crippen molar-refractivity contribution in [2.24, 2.45) is 0 Å². The first-order valence-corrected chi connectivity index (χ1v) is 12.6. The average Bonchev–Trinajstić information content (AvgIpc) is 3.29. The number of amides is 1. The number of aromatic nitrogens is 4. The van der Waals surface area contributed by atoms with E-state index in [9.17, 15) is 22.2 Å². The third kappa shape index (κ3) is 6.49. The third-order valence-corrected chi connectivity index (χ3v) is 7.06. The van der Waals surface area contributed by atoms with E-state index in [4.69, 9.17) is 0 Å². The van der Waals surface area contributed by atoms with Gasteiger partial charge in [-0.15, -0.1) is 0 Å². The molecule has 1 saturated heterocycles. The number of nitrogens with zero attached hydrogens (tertiary/aromatic N) is 5. The van der Waals surface area contributed by atoms with Gasteiger partial charge in [-0.1, -0.05) is 13.8 Å². The predicted molar refractivity (Wildman–Crippen MR) is 128 cm³/mol. The zero-order chi connectivity index (χ0) is 26.3. The van der Waals surface area contributed by atoms with Crippen LogP contribution in [0.5, 0.6) is 0 Å². The minimum atomic E-state index is -4.62. The molecule has 1 unspecified atom stereocenters. The number of hydrogen-bond acceptors (Lipinski definition) is 6. The number of carbonyl (C=O) groups is 1. The summed E-state index contributed by atoms with van der Waals surface area (Å²) < 4.78 is 52.8. The first kappa shape index (κ1) is 27.3. The van der Waals surface area contributed by atoms with Crippen LogP contribution in [0.25, 0.3) is 11.3 Å². The number of carbonyl (C=O) groups excluding carboxylic acids is 1. The fourth-order valence-electron chi connectivity index (χ4n) is 3.71. The van der Waals surface area contributed by atoms with E-state index in [1.165, 1.54) is 12.4 Å². The van der Waals surface area contributed by atoms with Gasteiger partial charge < -0.3 is 5.32 Å². The summed E-state index contributed by atoms with van der Waals surface area (Å²) in [6.07, 6.45) is 3.43. The molecule has 0 aromatic carbocycles. The van der Waals surface area contributed by atoms with Crippen molar-refractivity contribution in [1.82, 2.24) is 29.6 Å². The van der Waals surface area contributed by atoms with Crippen molar-refractivity contribution in [3.8, 4) is 11.3 Å². The quantitative estimate of drug-likeness (QED) is 0.524. The molecular formula is C24H27F3N6O2S. The van der Waals surface area contributed by atoms with Crippen LogP contribution in [0.2, 0.25) is 0 Å². The Morgan fingerprint density at radius 3 is 2.47 bits per heavy atom. The zero-order valence-electron chi connectivity index (χ0n) is 20.1. The molecule has 0 radical (unpaired) electrons. The predicted octanol–water partition coefficient (Wildman–Crippen LogP) is 4.17. The molecular weight excluding hydrogens is 493 g/mol. The number of rotatable bonds is 6. The van der Waals surface area contributed by atoms with Crippen molar-refractivity contribution in [1.29, 1.82) is 0 Å². The highest BCUT2D eigenvalue weighted by Gasteiger charge is 2.39. The highest BCUT2D eigenvalue weighted by molar-refractivity contribution is 7.82. The molecule has 3 aromatic rings. The Balaban J connectivity index is 0.00000176. The average molecular weight is 521 g/mol. The molecule has 0 bridgehead atoms. The van der Waals surface area contributed by atoms with E-state index in [1.807, 2.05) is 20.8 Å². The van der Waals surface area contributed by atoms with Gasteiger partial charge in [0.1, 0.15) is 17.0 Å². The van der Waals surface area contributed by atoms with Crippen molar-refractivity contribution in [2.75, 3.05) is 0 Å². The van der Waals surface area contributed by atoms with Crippen LogP contribution < -0.4 is 5.32 Å². The van der Waals surface area contributed by atoms with Crippen LogP contribution in [-0.2, 0) is 28.5 Å². The van der Waals surface area contributed by atoms with Crippen LogP contribution in [0, 0.1) is 0 Å². The molecule has 36 heavy (non-hydrogen) atoms. The lowest BCUT2D eigenvalue weighted by Crippen LogP contribution is -2.45. The van der Waals surface area contributed by atoms with Gasteiger partial charge in [-0.25, -0.2) is 18.5 Å². The summed E-state index contributed by atoms with van der Waals surface area (Å²) in [4.78, 5) is 28.4. The number of pyridine rings is 2. The molecule has 1 fully saturated rings. The van der Waals surface area contributed by atoms with Crippen LogP contribution in [-0.4, -0.2) is 46.4 Å². The van der Waals surface area contributed by atoms with Crippen LogP contribution in [0.1, 0.15) is 45.0 Å². The van der Waals surface area contributed by atoms with E-state index in [1.54, 1.807) is 34.8 Å². The molecule has 0 spiro atoms. The fraction of sp³-hybridized carbons (Fsp3) is 0.375. The van der Waals surface area contributed by atoms with Crippen molar-refractivity contribution in [3.63, 3.8) is 0 Å². The summed E-state index contributed by atoms with van der Waals surface area (Å²) in [6.45, 7) is 6.11. The summed E-state index contributed by atoms with van der Waals surface area (Å²) in [7, 11) is -1.52. The molecule has 8 nitrogen and oxygen atoms in total. The van der Waals surface area contributed by atoms with Crippen molar-refractivity contribution < 1.29 is 22.2 Å². The Hall–Kier alpha value is -3.25. The van der Waals surface area contributed by atoms with E-state index in [0.29, 0.717) is 28.1 Å². The maximum absolute atomic E-state index is 13.1. The molecule has 4 rings (SSSR count). The van der Waals surface area contributed by atoms with Crippen molar-refractivity contribution in [2.45, 2.75) is 63.3 Å². The SMILES string of the molecule is CC.C[C@H]1CC[C@@H](C(=O)NCc2ccnc(-c3cnc(C(F)(F)F)nc3)c2)N1S(=O)c1cccnc1. The number of halogens is 3. The van der Waals surface area contributed by atoms with Gasteiger partial charge in [0.15, 0.2) is 0 Å². The van der Waals surface area contributed by atoms with Crippen LogP contribution >= 0.6 is 0 Å². The topological polar surface area (TPSA) is 101 Å². The molecule has 3 aromatic heterocycles. The first-order valence-electron chi connectivity index (χ1n) is 11.5. The molecule has 192 valence electrons. The molecule has 3 atom stereocenters. The van der Waals surface area contributed by atoms with Crippen LogP contribution in [0.3, 0.4) is 0 Å². The summed E-state index contributed by atoms with van der Waals surface area (Å²) in [5.74, 6) is -1.48. The Morgan fingerprint density at radius 1 is 1.11 bits per heavy atom. The summed E-state index contributed by atoms with van der Waals surface area (Å²) in [6, 6.07) is 6.16. The van der Waals surface area contributed by atoms with Gasteiger partial charge in [0, 0.05) is 49.1 Å². The number of alkyl halides is 3. The molecule has 0 saturated carbocycles. The third-order valence-electron chi connectivity index (χ3n) is 5.42. The maximum atomic E-state index is 13.1. The lowest BCUT2D eigenvalue weighted by molar-refractivity contribution is -0.145. The monoisotopic (exact) mass is 520 g/mol. The Morgan fingerprint density at radius 2 is 1.83 bits per heavy atom. The summed E-state index contributed by atoms with van der Waals surface area (Å²) in [5.41, 5.74) is 1.40.